The molecule has 158 valence electrons. The van der Waals surface area contributed by atoms with Gasteiger partial charge in [-0.25, -0.2) is 14.6 Å². The summed E-state index contributed by atoms with van der Waals surface area (Å²) in [5.41, 5.74) is 10.4. The van der Waals surface area contributed by atoms with Gasteiger partial charge in [-0.1, -0.05) is 42.5 Å². The minimum absolute atomic E-state index is 0.102. The molecule has 5 aromatic rings. The maximum Gasteiger partial charge on any atom is 0.267 e. The van der Waals surface area contributed by atoms with Crippen molar-refractivity contribution in [1.82, 2.24) is 29.3 Å². The summed E-state index contributed by atoms with van der Waals surface area (Å²) in [5.74, 6) is 0.684. The molecule has 0 fully saturated rings. The van der Waals surface area contributed by atoms with Crippen LogP contribution >= 0.6 is 0 Å². The lowest BCUT2D eigenvalue weighted by atomic mass is 10.0. The van der Waals surface area contributed by atoms with Crippen LogP contribution in [-0.2, 0) is 0 Å². The minimum atomic E-state index is -0.170. The predicted octanol–water partition coefficient (Wildman–Crippen LogP) is 3.87. The first-order valence-corrected chi connectivity index (χ1v) is 10.3. The third kappa shape index (κ3) is 3.31. The van der Waals surface area contributed by atoms with Crippen LogP contribution in [0.4, 0.5) is 5.95 Å². The number of hydrogen-bond donors (Lipinski definition) is 1. The molecule has 0 amide bonds. The zero-order valence-corrected chi connectivity index (χ0v) is 17.7. The van der Waals surface area contributed by atoms with Gasteiger partial charge in [-0.2, -0.15) is 10.1 Å². The minimum Gasteiger partial charge on any atom is -0.368 e. The maximum atomic E-state index is 12.4. The summed E-state index contributed by atoms with van der Waals surface area (Å²) in [7, 11) is 0. The molecule has 0 saturated heterocycles. The summed E-state index contributed by atoms with van der Waals surface area (Å²) in [6.07, 6.45) is 1.71. The molecular formula is C24H21N7O. The first-order chi connectivity index (χ1) is 15.5. The highest BCUT2D eigenvalue weighted by atomic mass is 16.1. The van der Waals surface area contributed by atoms with Gasteiger partial charge in [-0.05, 0) is 32.0 Å². The number of nitrogen functional groups attached to an aromatic ring is 1. The van der Waals surface area contributed by atoms with Gasteiger partial charge in [0.25, 0.3) is 5.56 Å². The fraction of sp³-hybridized carbons (Fsp3) is 0.125. The van der Waals surface area contributed by atoms with Crippen molar-refractivity contribution in [2.24, 2.45) is 0 Å². The van der Waals surface area contributed by atoms with Gasteiger partial charge in [0, 0.05) is 11.6 Å². The van der Waals surface area contributed by atoms with E-state index in [0.29, 0.717) is 22.8 Å². The number of benzene rings is 2. The molecular weight excluding hydrogens is 402 g/mol. The average molecular weight is 423 g/mol. The molecule has 8 nitrogen and oxygen atoms in total. The third-order valence-electron chi connectivity index (χ3n) is 5.21. The Morgan fingerprint density at radius 1 is 0.906 bits per heavy atom. The monoisotopic (exact) mass is 423 g/mol. The summed E-state index contributed by atoms with van der Waals surface area (Å²) < 4.78 is 3.33. The van der Waals surface area contributed by atoms with Crippen molar-refractivity contribution in [3.05, 3.63) is 83.4 Å². The average Bonchev–Trinajstić information content (AvgIpc) is 3.23. The second-order valence-electron chi connectivity index (χ2n) is 7.69. The fourth-order valence-electron chi connectivity index (χ4n) is 3.74. The van der Waals surface area contributed by atoms with Crippen molar-refractivity contribution in [3.63, 3.8) is 0 Å². The van der Waals surface area contributed by atoms with Crippen molar-refractivity contribution in [3.8, 4) is 28.3 Å². The number of imidazole rings is 1. The SMILES string of the molecule is CC(C)n1nc(-c2c(-c3ccccc3)nc(N)nc2-n2cnc3ccccc32)ccc1=O. The number of nitrogens with two attached hydrogens (primary N) is 1. The van der Waals surface area contributed by atoms with Gasteiger partial charge >= 0.3 is 0 Å². The lowest BCUT2D eigenvalue weighted by Crippen LogP contribution is -2.24. The number of hydrogen-bond acceptors (Lipinski definition) is 6. The van der Waals surface area contributed by atoms with E-state index in [1.54, 1.807) is 12.4 Å². The van der Waals surface area contributed by atoms with Crippen LogP contribution in [0.25, 0.3) is 39.4 Å². The summed E-state index contributed by atoms with van der Waals surface area (Å²) in [4.78, 5) is 26.0. The second-order valence-corrected chi connectivity index (χ2v) is 7.69. The van der Waals surface area contributed by atoms with E-state index in [2.05, 4.69) is 20.1 Å². The van der Waals surface area contributed by atoms with E-state index in [0.717, 1.165) is 16.6 Å². The molecule has 0 aliphatic rings. The fourth-order valence-corrected chi connectivity index (χ4v) is 3.74. The second kappa shape index (κ2) is 7.73. The zero-order chi connectivity index (χ0) is 22.2. The maximum absolute atomic E-state index is 12.4. The van der Waals surface area contributed by atoms with Crippen molar-refractivity contribution in [1.29, 1.82) is 0 Å². The molecule has 0 bridgehead atoms. The van der Waals surface area contributed by atoms with E-state index in [4.69, 9.17) is 5.73 Å². The number of aromatic nitrogens is 6. The smallest absolute Gasteiger partial charge is 0.267 e. The summed E-state index contributed by atoms with van der Waals surface area (Å²) >= 11 is 0. The third-order valence-corrected chi connectivity index (χ3v) is 5.21. The first kappa shape index (κ1) is 19.6. The van der Waals surface area contributed by atoms with Crippen LogP contribution in [0.1, 0.15) is 19.9 Å². The normalized spacial score (nSPS) is 11.3. The van der Waals surface area contributed by atoms with E-state index < -0.39 is 0 Å². The van der Waals surface area contributed by atoms with E-state index >= 15 is 0 Å². The van der Waals surface area contributed by atoms with E-state index in [9.17, 15) is 4.79 Å². The van der Waals surface area contributed by atoms with E-state index in [-0.39, 0.29) is 17.5 Å². The number of anilines is 1. The van der Waals surface area contributed by atoms with Crippen LogP contribution in [0, 0.1) is 0 Å². The number of nitrogens with zero attached hydrogens (tertiary/aromatic N) is 6. The molecule has 0 aliphatic carbocycles. The predicted molar refractivity (Wildman–Crippen MR) is 124 cm³/mol. The van der Waals surface area contributed by atoms with Crippen LogP contribution in [0.2, 0.25) is 0 Å². The van der Waals surface area contributed by atoms with E-state index in [1.165, 1.54) is 10.7 Å². The molecule has 0 radical (unpaired) electrons. The highest BCUT2D eigenvalue weighted by Crippen LogP contribution is 2.35. The Kier molecular flexibility index (Phi) is 4.74. The number of rotatable bonds is 4. The van der Waals surface area contributed by atoms with Crippen LogP contribution in [0.5, 0.6) is 0 Å². The van der Waals surface area contributed by atoms with Crippen molar-refractivity contribution in [2.75, 3.05) is 5.73 Å². The van der Waals surface area contributed by atoms with Crippen molar-refractivity contribution < 1.29 is 0 Å². The molecule has 0 spiro atoms. The molecule has 3 aromatic heterocycles. The number of para-hydroxylation sites is 2. The van der Waals surface area contributed by atoms with Gasteiger partial charge in [0.15, 0.2) is 5.82 Å². The molecule has 2 aromatic carbocycles. The Hall–Kier alpha value is -4.33. The quantitative estimate of drug-likeness (QED) is 0.470. The molecule has 0 atom stereocenters. The van der Waals surface area contributed by atoms with Gasteiger partial charge in [-0.15, -0.1) is 0 Å². The molecule has 0 aliphatic heterocycles. The Labute approximate surface area is 184 Å². The van der Waals surface area contributed by atoms with Crippen molar-refractivity contribution in [2.45, 2.75) is 19.9 Å². The lowest BCUT2D eigenvalue weighted by molar-refractivity contribution is 0.505. The van der Waals surface area contributed by atoms with Crippen LogP contribution in [0.15, 0.2) is 77.9 Å². The molecule has 32 heavy (non-hydrogen) atoms. The van der Waals surface area contributed by atoms with Crippen LogP contribution < -0.4 is 11.3 Å². The van der Waals surface area contributed by atoms with Crippen molar-refractivity contribution >= 4 is 17.0 Å². The van der Waals surface area contributed by atoms with Gasteiger partial charge in [0.2, 0.25) is 5.95 Å². The van der Waals surface area contributed by atoms with Crippen LogP contribution in [-0.4, -0.2) is 29.3 Å². The van der Waals surface area contributed by atoms with Gasteiger partial charge < -0.3 is 5.73 Å². The van der Waals surface area contributed by atoms with Gasteiger partial charge in [-0.3, -0.25) is 9.36 Å². The molecule has 0 unspecified atom stereocenters. The van der Waals surface area contributed by atoms with Crippen LogP contribution in [0.3, 0.4) is 0 Å². The lowest BCUT2D eigenvalue weighted by Gasteiger charge is -2.17. The Morgan fingerprint density at radius 3 is 2.44 bits per heavy atom. The molecule has 2 N–H and O–H groups in total. The van der Waals surface area contributed by atoms with Gasteiger partial charge in [0.05, 0.1) is 34.0 Å². The molecule has 8 heteroatoms. The standard InChI is InChI=1S/C24H21N7O/c1-15(2)31-20(32)13-12-18(29-31)21-22(16-8-4-3-5-9-16)27-24(25)28-23(21)30-14-26-17-10-6-7-11-19(17)30/h3-15H,1-2H3,(H2,25,27,28). The zero-order valence-electron chi connectivity index (χ0n) is 17.7. The molecule has 3 heterocycles. The molecule has 5 rings (SSSR count). The molecule has 0 saturated carbocycles. The van der Waals surface area contributed by atoms with E-state index in [1.807, 2.05) is 73.0 Å². The highest BCUT2D eigenvalue weighted by Gasteiger charge is 2.22. The van der Waals surface area contributed by atoms with Gasteiger partial charge in [0.1, 0.15) is 6.33 Å². The summed E-state index contributed by atoms with van der Waals surface area (Å²) in [6, 6.07) is 20.6. The Bertz CT molecular complexity index is 1490. The Morgan fingerprint density at radius 2 is 1.66 bits per heavy atom. The first-order valence-electron chi connectivity index (χ1n) is 10.3. The largest absolute Gasteiger partial charge is 0.368 e. The Balaban J connectivity index is 1.89. The summed E-state index contributed by atoms with van der Waals surface area (Å²) in [6.45, 7) is 3.83. The summed E-state index contributed by atoms with van der Waals surface area (Å²) in [5, 5.41) is 4.66. The number of fused-ring (bicyclic) bond motifs is 1. The topological polar surface area (TPSA) is 105 Å². The highest BCUT2D eigenvalue weighted by molar-refractivity contribution is 5.87.